The van der Waals surface area contributed by atoms with Crippen LogP contribution in [0.1, 0.15) is 18.4 Å². The minimum absolute atomic E-state index is 0.152. The summed E-state index contributed by atoms with van der Waals surface area (Å²) in [6, 6.07) is 8.53. The van der Waals surface area contributed by atoms with Crippen LogP contribution < -0.4 is 5.32 Å². The van der Waals surface area contributed by atoms with Gasteiger partial charge in [0, 0.05) is 5.69 Å². The van der Waals surface area contributed by atoms with E-state index in [1.807, 2.05) is 0 Å². The minimum atomic E-state index is -0.152. The lowest BCUT2D eigenvalue weighted by Crippen LogP contribution is -2.42. The van der Waals surface area contributed by atoms with Crippen molar-refractivity contribution in [2.75, 3.05) is 5.32 Å². The van der Waals surface area contributed by atoms with Gasteiger partial charge in [0.15, 0.2) is 0 Å². The predicted molar refractivity (Wildman–Crippen MR) is 53.8 cm³/mol. The van der Waals surface area contributed by atoms with Crippen LogP contribution in [-0.4, -0.2) is 17.3 Å². The lowest BCUT2D eigenvalue weighted by Gasteiger charge is -2.33. The lowest BCUT2D eigenvalue weighted by atomic mass is 9.89. The van der Waals surface area contributed by atoms with E-state index in [9.17, 15) is 5.11 Å². The van der Waals surface area contributed by atoms with Crippen molar-refractivity contribution in [3.05, 3.63) is 29.8 Å². The van der Waals surface area contributed by atoms with Crippen LogP contribution in [0.5, 0.6) is 0 Å². The summed E-state index contributed by atoms with van der Waals surface area (Å²) >= 11 is 0. The van der Waals surface area contributed by atoms with E-state index in [1.54, 1.807) is 0 Å². The summed E-state index contributed by atoms with van der Waals surface area (Å²) in [6.07, 6.45) is 1.86. The lowest BCUT2D eigenvalue weighted by molar-refractivity contribution is 0.0786. The SMILES string of the molecule is Cc1ccc(NC2CCC2O)cc1. The molecule has 13 heavy (non-hydrogen) atoms. The molecular formula is C11H15NO. The number of rotatable bonds is 2. The normalized spacial score (nSPS) is 26.6. The molecule has 0 heterocycles. The van der Waals surface area contributed by atoms with Gasteiger partial charge in [0.25, 0.3) is 0 Å². The van der Waals surface area contributed by atoms with Gasteiger partial charge in [-0.05, 0) is 31.9 Å². The zero-order valence-electron chi connectivity index (χ0n) is 7.83. The molecule has 2 rings (SSSR count). The van der Waals surface area contributed by atoms with Gasteiger partial charge in [-0.2, -0.15) is 0 Å². The Hall–Kier alpha value is -1.02. The van der Waals surface area contributed by atoms with Crippen molar-refractivity contribution in [2.45, 2.75) is 31.9 Å². The molecule has 70 valence electrons. The molecule has 0 aromatic heterocycles. The molecule has 1 fully saturated rings. The van der Waals surface area contributed by atoms with Gasteiger partial charge in [0.1, 0.15) is 0 Å². The van der Waals surface area contributed by atoms with Gasteiger partial charge in [-0.25, -0.2) is 0 Å². The molecule has 1 aliphatic carbocycles. The predicted octanol–water partition coefficient (Wildman–Crippen LogP) is 1.93. The Labute approximate surface area is 78.6 Å². The Bertz CT molecular complexity index is 281. The molecule has 1 aromatic rings. The maximum Gasteiger partial charge on any atom is 0.0741 e. The third kappa shape index (κ3) is 1.83. The topological polar surface area (TPSA) is 32.3 Å². The summed E-state index contributed by atoms with van der Waals surface area (Å²) < 4.78 is 0. The molecule has 2 atom stereocenters. The average molecular weight is 177 g/mol. The second-order valence-electron chi connectivity index (χ2n) is 3.76. The highest BCUT2D eigenvalue weighted by Gasteiger charge is 2.28. The van der Waals surface area contributed by atoms with Crippen LogP contribution in [0.2, 0.25) is 0 Å². The maximum absolute atomic E-state index is 9.36. The van der Waals surface area contributed by atoms with Gasteiger partial charge in [0.2, 0.25) is 0 Å². The highest BCUT2D eigenvalue weighted by molar-refractivity contribution is 5.45. The molecule has 0 radical (unpaired) electrons. The zero-order valence-corrected chi connectivity index (χ0v) is 7.83. The van der Waals surface area contributed by atoms with Crippen molar-refractivity contribution in [1.29, 1.82) is 0 Å². The molecule has 1 aromatic carbocycles. The van der Waals surface area contributed by atoms with E-state index in [2.05, 4.69) is 36.5 Å². The van der Waals surface area contributed by atoms with Crippen LogP contribution in [0.15, 0.2) is 24.3 Å². The molecule has 0 bridgehead atoms. The van der Waals surface area contributed by atoms with E-state index in [1.165, 1.54) is 5.56 Å². The van der Waals surface area contributed by atoms with E-state index in [4.69, 9.17) is 0 Å². The van der Waals surface area contributed by atoms with E-state index in [0.717, 1.165) is 18.5 Å². The average Bonchev–Trinajstić information content (AvgIpc) is 2.15. The molecule has 2 N–H and O–H groups in total. The quantitative estimate of drug-likeness (QED) is 0.723. The molecule has 1 saturated carbocycles. The van der Waals surface area contributed by atoms with Gasteiger partial charge in [0.05, 0.1) is 12.1 Å². The van der Waals surface area contributed by atoms with Crippen LogP contribution in [0, 0.1) is 6.92 Å². The number of hydrogen-bond acceptors (Lipinski definition) is 2. The first-order chi connectivity index (χ1) is 6.25. The summed E-state index contributed by atoms with van der Waals surface area (Å²) in [6.45, 7) is 2.07. The van der Waals surface area contributed by atoms with Crippen LogP contribution in [0.4, 0.5) is 5.69 Å². The zero-order chi connectivity index (χ0) is 9.26. The fourth-order valence-electron chi connectivity index (χ4n) is 1.51. The van der Waals surface area contributed by atoms with Crippen molar-refractivity contribution in [3.8, 4) is 0 Å². The van der Waals surface area contributed by atoms with Crippen molar-refractivity contribution < 1.29 is 5.11 Å². The van der Waals surface area contributed by atoms with Crippen molar-refractivity contribution in [3.63, 3.8) is 0 Å². The number of aliphatic hydroxyl groups is 1. The molecule has 0 aliphatic heterocycles. The number of aliphatic hydroxyl groups excluding tert-OH is 1. The minimum Gasteiger partial charge on any atom is -0.391 e. The van der Waals surface area contributed by atoms with Gasteiger partial charge in [-0.1, -0.05) is 17.7 Å². The maximum atomic E-state index is 9.36. The first-order valence-electron chi connectivity index (χ1n) is 4.77. The third-order valence-electron chi connectivity index (χ3n) is 2.64. The van der Waals surface area contributed by atoms with E-state index in [-0.39, 0.29) is 12.1 Å². The third-order valence-corrected chi connectivity index (χ3v) is 2.64. The van der Waals surface area contributed by atoms with Crippen LogP contribution in [0.25, 0.3) is 0 Å². The Morgan fingerprint density at radius 3 is 2.38 bits per heavy atom. The summed E-state index contributed by atoms with van der Waals surface area (Å²) in [4.78, 5) is 0. The van der Waals surface area contributed by atoms with E-state index < -0.39 is 0 Å². The summed E-state index contributed by atoms with van der Waals surface area (Å²) in [5, 5.41) is 12.7. The van der Waals surface area contributed by atoms with Crippen molar-refractivity contribution in [2.24, 2.45) is 0 Å². The van der Waals surface area contributed by atoms with Gasteiger partial charge in [-0.3, -0.25) is 0 Å². The highest BCUT2D eigenvalue weighted by Crippen LogP contribution is 2.23. The molecule has 2 unspecified atom stereocenters. The molecular weight excluding hydrogens is 162 g/mol. The second-order valence-corrected chi connectivity index (χ2v) is 3.76. The molecule has 0 saturated heterocycles. The molecule has 0 amide bonds. The Morgan fingerprint density at radius 1 is 1.23 bits per heavy atom. The number of hydrogen-bond donors (Lipinski definition) is 2. The molecule has 2 heteroatoms. The molecule has 0 spiro atoms. The standard InChI is InChI=1S/C11H15NO/c1-8-2-4-9(5-3-8)12-10-6-7-11(10)13/h2-5,10-13H,6-7H2,1H3. The monoisotopic (exact) mass is 177 g/mol. The Kier molecular flexibility index (Phi) is 2.23. The fourth-order valence-corrected chi connectivity index (χ4v) is 1.51. The van der Waals surface area contributed by atoms with Crippen molar-refractivity contribution in [1.82, 2.24) is 0 Å². The number of benzene rings is 1. The number of anilines is 1. The number of aryl methyl sites for hydroxylation is 1. The summed E-state index contributed by atoms with van der Waals surface area (Å²) in [7, 11) is 0. The Morgan fingerprint density at radius 2 is 1.92 bits per heavy atom. The Balaban J connectivity index is 1.98. The summed E-state index contributed by atoms with van der Waals surface area (Å²) in [5.41, 5.74) is 2.37. The smallest absolute Gasteiger partial charge is 0.0741 e. The molecule has 1 aliphatic rings. The van der Waals surface area contributed by atoms with E-state index >= 15 is 0 Å². The van der Waals surface area contributed by atoms with Crippen LogP contribution in [-0.2, 0) is 0 Å². The van der Waals surface area contributed by atoms with Gasteiger partial charge < -0.3 is 10.4 Å². The summed E-state index contributed by atoms with van der Waals surface area (Å²) in [5.74, 6) is 0. The molecule has 2 nitrogen and oxygen atoms in total. The number of nitrogens with one attached hydrogen (secondary N) is 1. The first kappa shape index (κ1) is 8.57. The van der Waals surface area contributed by atoms with Gasteiger partial charge >= 0.3 is 0 Å². The van der Waals surface area contributed by atoms with E-state index in [0.29, 0.717) is 0 Å². The van der Waals surface area contributed by atoms with Gasteiger partial charge in [-0.15, -0.1) is 0 Å². The highest BCUT2D eigenvalue weighted by atomic mass is 16.3. The van der Waals surface area contributed by atoms with Crippen LogP contribution >= 0.6 is 0 Å². The van der Waals surface area contributed by atoms with Crippen molar-refractivity contribution >= 4 is 5.69 Å². The second kappa shape index (κ2) is 3.38. The largest absolute Gasteiger partial charge is 0.391 e. The first-order valence-corrected chi connectivity index (χ1v) is 4.77. The fraction of sp³-hybridized carbons (Fsp3) is 0.455. The van der Waals surface area contributed by atoms with Crippen LogP contribution in [0.3, 0.4) is 0 Å².